The first-order valence-electron chi connectivity index (χ1n) is 8.75. The molecule has 0 aliphatic carbocycles. The first-order chi connectivity index (χ1) is 13.9. The minimum Gasteiger partial charge on any atom is -0.404 e. The Morgan fingerprint density at radius 1 is 1.41 bits per heavy atom. The Hall–Kier alpha value is -3.88. The lowest BCUT2D eigenvalue weighted by atomic mass is 10.1. The Bertz CT molecular complexity index is 1270. The summed E-state index contributed by atoms with van der Waals surface area (Å²) in [5, 5.41) is 17.0. The number of allylic oxidation sites excluding steroid dienone is 1. The Labute approximate surface area is 165 Å². The SMILES string of the molecule is CN=CC(=CN)c1cc(F)c(=N)n(C(=N)[C@@H](C)n2ccc3ncccc3c2=O)c1. The molecule has 8 nitrogen and oxygen atoms in total. The Morgan fingerprint density at radius 3 is 2.86 bits per heavy atom. The molecule has 3 heterocycles. The molecule has 0 bridgehead atoms. The maximum Gasteiger partial charge on any atom is 0.260 e. The molecule has 0 aromatic carbocycles. The highest BCUT2D eigenvalue weighted by molar-refractivity contribution is 6.09. The van der Waals surface area contributed by atoms with E-state index in [0.29, 0.717) is 22.0 Å². The fourth-order valence-corrected chi connectivity index (χ4v) is 2.99. The number of nitrogens with one attached hydrogen (secondary N) is 2. The number of nitrogens with zero attached hydrogens (tertiary/aromatic N) is 4. The molecule has 0 saturated carbocycles. The number of rotatable bonds is 4. The molecule has 1 atom stereocenters. The summed E-state index contributed by atoms with van der Waals surface area (Å²) in [6.45, 7) is 1.64. The zero-order valence-corrected chi connectivity index (χ0v) is 15.9. The van der Waals surface area contributed by atoms with Crippen LogP contribution in [0.3, 0.4) is 0 Å². The number of nitrogens with two attached hydrogens (primary N) is 1. The number of hydrogen-bond donors (Lipinski definition) is 3. The first kappa shape index (κ1) is 19.9. The summed E-state index contributed by atoms with van der Waals surface area (Å²) in [6, 6.07) is 5.39. The van der Waals surface area contributed by atoms with Gasteiger partial charge in [-0.05, 0) is 31.2 Å². The molecular formula is C20H20FN7O. The van der Waals surface area contributed by atoms with Crippen LogP contribution in [0.5, 0.6) is 0 Å². The van der Waals surface area contributed by atoms with E-state index in [2.05, 4.69) is 9.98 Å². The van der Waals surface area contributed by atoms with Gasteiger partial charge in [-0.25, -0.2) is 4.39 Å². The minimum absolute atomic E-state index is 0.147. The number of aromatic nitrogens is 3. The van der Waals surface area contributed by atoms with Gasteiger partial charge in [0.2, 0.25) is 0 Å². The monoisotopic (exact) mass is 393 g/mol. The van der Waals surface area contributed by atoms with E-state index in [9.17, 15) is 9.18 Å². The Morgan fingerprint density at radius 2 is 2.17 bits per heavy atom. The van der Waals surface area contributed by atoms with Gasteiger partial charge in [0.15, 0.2) is 11.3 Å². The maximum atomic E-state index is 14.4. The van der Waals surface area contributed by atoms with Crippen LogP contribution < -0.4 is 16.8 Å². The molecule has 0 aliphatic heterocycles. The Balaban J connectivity index is 2.11. The van der Waals surface area contributed by atoms with E-state index in [0.717, 1.165) is 10.6 Å². The summed E-state index contributed by atoms with van der Waals surface area (Å²) in [6.07, 6.45) is 7.28. The molecular weight excluding hydrogens is 373 g/mol. The van der Waals surface area contributed by atoms with E-state index in [1.165, 1.54) is 29.4 Å². The summed E-state index contributed by atoms with van der Waals surface area (Å²) in [7, 11) is 1.55. The number of hydrogen-bond acceptors (Lipinski definition) is 6. The molecule has 3 aromatic heterocycles. The van der Waals surface area contributed by atoms with Crippen molar-refractivity contribution in [3.63, 3.8) is 0 Å². The third kappa shape index (κ3) is 3.62. The van der Waals surface area contributed by atoms with Crippen molar-refractivity contribution >= 4 is 28.5 Å². The third-order valence-electron chi connectivity index (χ3n) is 4.57. The van der Waals surface area contributed by atoms with Crippen molar-refractivity contribution in [2.24, 2.45) is 10.7 Å². The molecule has 0 radical (unpaired) electrons. The lowest BCUT2D eigenvalue weighted by Crippen LogP contribution is -2.37. The van der Waals surface area contributed by atoms with Crippen molar-refractivity contribution in [3.05, 3.63) is 76.3 Å². The van der Waals surface area contributed by atoms with E-state index < -0.39 is 17.3 Å². The lowest BCUT2D eigenvalue weighted by Gasteiger charge is -2.20. The van der Waals surface area contributed by atoms with E-state index in [1.54, 1.807) is 38.4 Å². The molecule has 0 amide bonds. The van der Waals surface area contributed by atoms with Gasteiger partial charge in [-0.3, -0.25) is 30.2 Å². The van der Waals surface area contributed by atoms with Crippen LogP contribution in [0.2, 0.25) is 0 Å². The second-order valence-electron chi connectivity index (χ2n) is 6.33. The summed E-state index contributed by atoms with van der Waals surface area (Å²) in [5.74, 6) is -0.968. The van der Waals surface area contributed by atoms with Gasteiger partial charge in [-0.2, -0.15) is 0 Å². The molecule has 9 heteroatoms. The van der Waals surface area contributed by atoms with Gasteiger partial charge in [-0.15, -0.1) is 0 Å². The average molecular weight is 393 g/mol. The topological polar surface area (TPSA) is 126 Å². The van der Waals surface area contributed by atoms with E-state index in [4.69, 9.17) is 16.6 Å². The van der Waals surface area contributed by atoms with Gasteiger partial charge < -0.3 is 10.3 Å². The van der Waals surface area contributed by atoms with Crippen molar-refractivity contribution in [1.82, 2.24) is 14.1 Å². The van der Waals surface area contributed by atoms with Gasteiger partial charge in [0, 0.05) is 49.2 Å². The Kier molecular flexibility index (Phi) is 5.49. The van der Waals surface area contributed by atoms with Crippen LogP contribution in [0.1, 0.15) is 18.5 Å². The summed E-state index contributed by atoms with van der Waals surface area (Å²) in [4.78, 5) is 20.8. The van der Waals surface area contributed by atoms with Crippen LogP contribution in [-0.2, 0) is 0 Å². The van der Waals surface area contributed by atoms with Crippen LogP contribution in [0.25, 0.3) is 16.5 Å². The van der Waals surface area contributed by atoms with Gasteiger partial charge in [-0.1, -0.05) is 0 Å². The average Bonchev–Trinajstić information content (AvgIpc) is 2.73. The smallest absolute Gasteiger partial charge is 0.260 e. The normalized spacial score (nSPS) is 13.1. The predicted molar refractivity (Wildman–Crippen MR) is 111 cm³/mol. The molecule has 0 aliphatic rings. The maximum absolute atomic E-state index is 14.4. The number of aliphatic imine (C=N–C) groups is 1. The van der Waals surface area contributed by atoms with E-state index in [1.807, 2.05) is 0 Å². The van der Waals surface area contributed by atoms with Crippen LogP contribution in [-0.4, -0.2) is 33.2 Å². The van der Waals surface area contributed by atoms with Crippen LogP contribution in [0.4, 0.5) is 4.39 Å². The number of fused-ring (bicyclic) bond motifs is 1. The predicted octanol–water partition coefficient (Wildman–Crippen LogP) is 1.90. The summed E-state index contributed by atoms with van der Waals surface area (Å²) >= 11 is 0. The number of pyridine rings is 3. The van der Waals surface area contributed by atoms with Crippen molar-refractivity contribution in [2.75, 3.05) is 7.05 Å². The molecule has 4 N–H and O–H groups in total. The lowest BCUT2D eigenvalue weighted by molar-refractivity contribution is 0.580. The van der Waals surface area contributed by atoms with Gasteiger partial charge in [0.25, 0.3) is 5.56 Å². The van der Waals surface area contributed by atoms with Gasteiger partial charge in [0.1, 0.15) is 5.84 Å². The van der Waals surface area contributed by atoms with Gasteiger partial charge in [0.05, 0.1) is 16.9 Å². The summed E-state index contributed by atoms with van der Waals surface area (Å²) < 4.78 is 16.8. The van der Waals surface area contributed by atoms with E-state index >= 15 is 0 Å². The zero-order chi connectivity index (χ0) is 21.1. The molecule has 0 unspecified atom stereocenters. The van der Waals surface area contributed by atoms with Crippen LogP contribution in [0.15, 0.2) is 58.8 Å². The minimum atomic E-state index is -0.821. The molecule has 29 heavy (non-hydrogen) atoms. The van der Waals surface area contributed by atoms with Crippen molar-refractivity contribution < 1.29 is 4.39 Å². The standard InChI is InChI=1S/C20H20FN7O/c1-12(27-7-5-17-15(20(27)29)4-3-6-26-17)18(23)28-11-13(8-16(21)19(28)24)14(9-22)10-25-2/h3-12,23-24H,22H2,1-2H3/t12-/m1/s1. The van der Waals surface area contributed by atoms with Crippen molar-refractivity contribution in [2.45, 2.75) is 13.0 Å². The second-order valence-corrected chi connectivity index (χ2v) is 6.33. The van der Waals surface area contributed by atoms with Gasteiger partial charge >= 0.3 is 0 Å². The fourth-order valence-electron chi connectivity index (χ4n) is 2.99. The van der Waals surface area contributed by atoms with Crippen molar-refractivity contribution in [3.8, 4) is 0 Å². The second kappa shape index (κ2) is 8.01. The van der Waals surface area contributed by atoms with Crippen LogP contribution in [0, 0.1) is 16.6 Å². The highest BCUT2D eigenvalue weighted by Gasteiger charge is 2.18. The highest BCUT2D eigenvalue weighted by atomic mass is 19.1. The third-order valence-corrected chi connectivity index (χ3v) is 4.57. The highest BCUT2D eigenvalue weighted by Crippen LogP contribution is 2.14. The van der Waals surface area contributed by atoms with Crippen LogP contribution >= 0.6 is 0 Å². The van der Waals surface area contributed by atoms with Crippen molar-refractivity contribution in [1.29, 1.82) is 10.8 Å². The molecule has 0 spiro atoms. The van der Waals surface area contributed by atoms with E-state index in [-0.39, 0.29) is 11.4 Å². The zero-order valence-electron chi connectivity index (χ0n) is 15.9. The fraction of sp³-hybridized carbons (Fsp3) is 0.150. The number of halogens is 1. The molecule has 148 valence electrons. The first-order valence-corrected chi connectivity index (χ1v) is 8.75. The summed E-state index contributed by atoms with van der Waals surface area (Å²) in [5.41, 5.74) is 6.12. The quantitative estimate of drug-likeness (QED) is 0.463. The molecule has 3 aromatic rings. The largest absolute Gasteiger partial charge is 0.404 e. The molecule has 3 rings (SSSR count). The molecule has 0 saturated heterocycles. The molecule has 0 fully saturated rings.